The number of nitrogens with zero attached hydrogens (tertiary/aromatic N) is 2. The van der Waals surface area contributed by atoms with E-state index in [1.165, 1.54) is 5.56 Å². The smallest absolute Gasteiger partial charge is 0.222 e. The number of rotatable bonds is 9. The molecule has 0 radical (unpaired) electrons. The monoisotopic (exact) mass is 319 g/mol. The molecule has 2 rings (SSSR count). The van der Waals surface area contributed by atoms with Crippen LogP contribution in [0, 0.1) is 0 Å². The molecule has 1 aromatic rings. The van der Waals surface area contributed by atoms with Gasteiger partial charge in [-0.2, -0.15) is 0 Å². The molecule has 5 nitrogen and oxygen atoms in total. The predicted molar refractivity (Wildman–Crippen MR) is 92.6 cm³/mol. The third kappa shape index (κ3) is 5.52. The zero-order chi connectivity index (χ0) is 16.7. The largest absolute Gasteiger partial charge is 0.497 e. The quantitative estimate of drug-likeness (QED) is 0.704. The Morgan fingerprint density at radius 1 is 1.39 bits per heavy atom. The Labute approximate surface area is 139 Å². The summed E-state index contributed by atoms with van der Waals surface area (Å²) in [6.45, 7) is 3.52. The van der Waals surface area contributed by atoms with Crippen LogP contribution in [0.1, 0.15) is 24.8 Å². The van der Waals surface area contributed by atoms with E-state index in [0.717, 1.165) is 44.8 Å². The number of carbonyl (C=O) groups excluding carboxylic acids is 1. The Bertz CT molecular complexity index is 505. The molecule has 128 valence electrons. The van der Waals surface area contributed by atoms with E-state index in [0.29, 0.717) is 18.4 Å². The van der Waals surface area contributed by atoms with Crippen molar-refractivity contribution in [1.82, 2.24) is 15.1 Å². The van der Waals surface area contributed by atoms with Crippen LogP contribution in [-0.2, 0) is 11.3 Å². The van der Waals surface area contributed by atoms with E-state index in [2.05, 4.69) is 27.2 Å². The van der Waals surface area contributed by atoms with Gasteiger partial charge in [-0.05, 0) is 51.2 Å². The molecular weight excluding hydrogens is 290 g/mol. The van der Waals surface area contributed by atoms with Gasteiger partial charge in [-0.3, -0.25) is 4.79 Å². The lowest BCUT2D eigenvalue weighted by Gasteiger charge is -2.26. The van der Waals surface area contributed by atoms with Gasteiger partial charge in [0.1, 0.15) is 5.75 Å². The molecular formula is C18H29N3O2. The van der Waals surface area contributed by atoms with Gasteiger partial charge in [0, 0.05) is 32.1 Å². The van der Waals surface area contributed by atoms with Crippen molar-refractivity contribution in [3.8, 4) is 5.75 Å². The van der Waals surface area contributed by atoms with E-state index < -0.39 is 0 Å². The topological polar surface area (TPSA) is 44.8 Å². The molecule has 1 aliphatic heterocycles. The fourth-order valence-electron chi connectivity index (χ4n) is 2.99. The standard InChI is InChI=1S/C18H29N3O2/c1-20(2)11-12-21-16(7-8-18(21)22)9-10-19-14-15-5-4-6-17(13-15)23-3/h4-6,13,16,19H,7-12,14H2,1-3H3. The first-order chi connectivity index (χ1) is 11.1. The number of methoxy groups -OCH3 is 1. The van der Waals surface area contributed by atoms with Crippen LogP contribution in [0.5, 0.6) is 5.75 Å². The highest BCUT2D eigenvalue weighted by Gasteiger charge is 2.29. The second-order valence-corrected chi connectivity index (χ2v) is 6.40. The van der Waals surface area contributed by atoms with Gasteiger partial charge >= 0.3 is 0 Å². The normalized spacial score (nSPS) is 18.0. The number of nitrogens with one attached hydrogen (secondary N) is 1. The number of likely N-dealkylation sites (tertiary alicyclic amines) is 1. The van der Waals surface area contributed by atoms with Crippen molar-refractivity contribution >= 4 is 5.91 Å². The first-order valence-electron chi connectivity index (χ1n) is 8.38. The summed E-state index contributed by atoms with van der Waals surface area (Å²) < 4.78 is 5.24. The van der Waals surface area contributed by atoms with E-state index in [1.54, 1.807) is 7.11 Å². The molecule has 0 aliphatic carbocycles. The first kappa shape index (κ1) is 17.8. The fourth-order valence-corrected chi connectivity index (χ4v) is 2.99. The second kappa shape index (κ2) is 8.89. The summed E-state index contributed by atoms with van der Waals surface area (Å²) in [7, 11) is 5.78. The minimum absolute atomic E-state index is 0.310. The SMILES string of the molecule is COc1cccc(CNCCC2CCC(=O)N2CCN(C)C)c1. The number of carbonyl (C=O) groups is 1. The summed E-state index contributed by atoms with van der Waals surface area (Å²) in [5.74, 6) is 1.20. The highest BCUT2D eigenvalue weighted by Crippen LogP contribution is 2.20. The van der Waals surface area contributed by atoms with Gasteiger partial charge in [0.25, 0.3) is 0 Å². The van der Waals surface area contributed by atoms with Crippen molar-refractivity contribution in [2.45, 2.75) is 31.8 Å². The Kier molecular flexibility index (Phi) is 6.86. The Morgan fingerprint density at radius 3 is 2.96 bits per heavy atom. The first-order valence-corrected chi connectivity index (χ1v) is 8.38. The predicted octanol–water partition coefficient (Wildman–Crippen LogP) is 1.73. The molecule has 1 saturated heterocycles. The second-order valence-electron chi connectivity index (χ2n) is 6.40. The summed E-state index contributed by atoms with van der Waals surface area (Å²) in [5.41, 5.74) is 1.22. The average Bonchev–Trinajstić information content (AvgIpc) is 2.90. The van der Waals surface area contributed by atoms with Gasteiger partial charge in [-0.1, -0.05) is 12.1 Å². The summed E-state index contributed by atoms with van der Waals surface area (Å²) in [6.07, 6.45) is 2.71. The molecule has 23 heavy (non-hydrogen) atoms. The van der Waals surface area contributed by atoms with Gasteiger partial charge in [0.15, 0.2) is 0 Å². The molecule has 0 saturated carbocycles. The number of amides is 1. The molecule has 0 aromatic heterocycles. The number of hydrogen-bond acceptors (Lipinski definition) is 4. The molecule has 1 amide bonds. The van der Waals surface area contributed by atoms with Crippen LogP contribution >= 0.6 is 0 Å². The van der Waals surface area contributed by atoms with Crippen LogP contribution in [0.15, 0.2) is 24.3 Å². The van der Waals surface area contributed by atoms with E-state index >= 15 is 0 Å². The molecule has 1 heterocycles. The lowest BCUT2D eigenvalue weighted by Crippen LogP contribution is -2.39. The summed E-state index contributed by atoms with van der Waals surface area (Å²) >= 11 is 0. The minimum Gasteiger partial charge on any atom is -0.497 e. The number of ether oxygens (including phenoxy) is 1. The molecule has 1 fully saturated rings. The van der Waals surface area contributed by atoms with Crippen LogP contribution in [0.4, 0.5) is 0 Å². The minimum atomic E-state index is 0.310. The number of benzene rings is 1. The lowest BCUT2D eigenvalue weighted by atomic mass is 10.1. The summed E-state index contributed by atoms with van der Waals surface area (Å²) in [4.78, 5) is 16.2. The molecule has 1 atom stereocenters. The van der Waals surface area contributed by atoms with Crippen molar-refractivity contribution in [3.05, 3.63) is 29.8 Å². The number of likely N-dealkylation sites (N-methyl/N-ethyl adjacent to an activating group) is 1. The Morgan fingerprint density at radius 2 is 2.22 bits per heavy atom. The summed E-state index contributed by atoms with van der Waals surface area (Å²) in [5, 5.41) is 3.48. The number of hydrogen-bond donors (Lipinski definition) is 1. The van der Waals surface area contributed by atoms with Crippen molar-refractivity contribution < 1.29 is 9.53 Å². The molecule has 1 aromatic carbocycles. The molecule has 0 spiro atoms. The highest BCUT2D eigenvalue weighted by molar-refractivity contribution is 5.78. The van der Waals surface area contributed by atoms with Gasteiger partial charge in [0.05, 0.1) is 7.11 Å². The highest BCUT2D eigenvalue weighted by atomic mass is 16.5. The van der Waals surface area contributed by atoms with Crippen molar-refractivity contribution in [2.75, 3.05) is 40.8 Å². The van der Waals surface area contributed by atoms with Gasteiger partial charge in [-0.15, -0.1) is 0 Å². The van der Waals surface area contributed by atoms with Crippen LogP contribution < -0.4 is 10.1 Å². The van der Waals surface area contributed by atoms with Crippen molar-refractivity contribution in [1.29, 1.82) is 0 Å². The van der Waals surface area contributed by atoms with Crippen LogP contribution in [-0.4, -0.2) is 62.6 Å². The van der Waals surface area contributed by atoms with Crippen molar-refractivity contribution in [3.63, 3.8) is 0 Å². The van der Waals surface area contributed by atoms with Crippen LogP contribution in [0.3, 0.4) is 0 Å². The Balaban J connectivity index is 1.73. The lowest BCUT2D eigenvalue weighted by molar-refractivity contribution is -0.129. The maximum absolute atomic E-state index is 12.0. The maximum atomic E-state index is 12.0. The zero-order valence-corrected chi connectivity index (χ0v) is 14.5. The van der Waals surface area contributed by atoms with Gasteiger partial charge in [0.2, 0.25) is 5.91 Å². The van der Waals surface area contributed by atoms with E-state index in [4.69, 9.17) is 4.74 Å². The maximum Gasteiger partial charge on any atom is 0.222 e. The Hall–Kier alpha value is -1.59. The van der Waals surface area contributed by atoms with E-state index in [-0.39, 0.29) is 0 Å². The average molecular weight is 319 g/mol. The van der Waals surface area contributed by atoms with Crippen LogP contribution in [0.2, 0.25) is 0 Å². The molecule has 1 unspecified atom stereocenters. The third-order valence-corrected chi connectivity index (χ3v) is 4.36. The third-order valence-electron chi connectivity index (χ3n) is 4.36. The molecule has 0 bridgehead atoms. The van der Waals surface area contributed by atoms with Crippen molar-refractivity contribution in [2.24, 2.45) is 0 Å². The fraction of sp³-hybridized carbons (Fsp3) is 0.611. The van der Waals surface area contributed by atoms with Gasteiger partial charge < -0.3 is 19.9 Å². The zero-order valence-electron chi connectivity index (χ0n) is 14.5. The molecule has 1 aliphatic rings. The molecule has 1 N–H and O–H groups in total. The van der Waals surface area contributed by atoms with Crippen LogP contribution in [0.25, 0.3) is 0 Å². The van der Waals surface area contributed by atoms with E-state index in [1.807, 2.05) is 26.2 Å². The van der Waals surface area contributed by atoms with Gasteiger partial charge in [-0.25, -0.2) is 0 Å². The van der Waals surface area contributed by atoms with E-state index in [9.17, 15) is 4.79 Å². The molecule has 5 heteroatoms. The summed E-state index contributed by atoms with van der Waals surface area (Å²) in [6, 6.07) is 8.50.